The summed E-state index contributed by atoms with van der Waals surface area (Å²) in [7, 11) is 0. The van der Waals surface area contributed by atoms with Crippen LogP contribution in [0.4, 0.5) is 0 Å². The van der Waals surface area contributed by atoms with Gasteiger partial charge in [-0.15, -0.1) is 11.3 Å². The van der Waals surface area contributed by atoms with E-state index >= 15 is 0 Å². The van der Waals surface area contributed by atoms with Gasteiger partial charge in [-0.1, -0.05) is 0 Å². The first-order valence-corrected chi connectivity index (χ1v) is 6.09. The van der Waals surface area contributed by atoms with Crippen LogP contribution in [0.5, 0.6) is 0 Å². The van der Waals surface area contributed by atoms with Crippen LogP contribution in [0.2, 0.25) is 0 Å². The van der Waals surface area contributed by atoms with E-state index < -0.39 is 0 Å². The molecular formula is C12H11N3OS. The van der Waals surface area contributed by atoms with E-state index in [-0.39, 0.29) is 11.1 Å². The molecule has 2 aromatic heterocycles. The first-order valence-electron chi connectivity index (χ1n) is 5.21. The number of rotatable bonds is 3. The largest absolute Gasteiger partial charge is 0.314 e. The summed E-state index contributed by atoms with van der Waals surface area (Å²) in [4.78, 5) is 17.1. The van der Waals surface area contributed by atoms with Crippen LogP contribution in [0.25, 0.3) is 0 Å². The van der Waals surface area contributed by atoms with E-state index in [4.69, 9.17) is 5.26 Å². The number of pyridine rings is 1. The minimum atomic E-state index is -0.225. The molecule has 0 aliphatic rings. The lowest BCUT2D eigenvalue weighted by molar-refractivity contribution is 0.670. The molecule has 0 spiro atoms. The lowest BCUT2D eigenvalue weighted by Gasteiger charge is -2.04. The van der Waals surface area contributed by atoms with E-state index in [0.29, 0.717) is 6.54 Å². The van der Waals surface area contributed by atoms with E-state index in [1.54, 1.807) is 33.7 Å². The highest BCUT2D eigenvalue weighted by Crippen LogP contribution is 2.13. The highest BCUT2D eigenvalue weighted by Gasteiger charge is 2.04. The summed E-state index contributed by atoms with van der Waals surface area (Å²) in [5, 5.41) is 8.77. The predicted octanol–water partition coefficient (Wildman–Crippen LogP) is 1.73. The van der Waals surface area contributed by atoms with Gasteiger partial charge in [-0.2, -0.15) is 5.26 Å². The molecule has 0 bridgehead atoms. The third-order valence-electron chi connectivity index (χ3n) is 2.57. The normalized spacial score (nSPS) is 10.1. The highest BCUT2D eigenvalue weighted by atomic mass is 32.1. The zero-order chi connectivity index (χ0) is 12.3. The van der Waals surface area contributed by atoms with Crippen LogP contribution in [-0.2, 0) is 13.0 Å². The average molecular weight is 245 g/mol. The maximum Gasteiger partial charge on any atom is 0.268 e. The summed E-state index contributed by atoms with van der Waals surface area (Å²) in [6.07, 6.45) is 2.48. The van der Waals surface area contributed by atoms with Crippen LogP contribution in [0.1, 0.15) is 16.1 Å². The molecule has 4 nitrogen and oxygen atoms in total. The number of aromatic nitrogens is 2. The zero-order valence-corrected chi connectivity index (χ0v) is 10.2. The first-order chi connectivity index (χ1) is 8.22. The molecule has 5 heteroatoms. The summed E-state index contributed by atoms with van der Waals surface area (Å²) in [6.45, 7) is 2.54. The highest BCUT2D eigenvalue weighted by molar-refractivity contribution is 7.09. The van der Waals surface area contributed by atoms with E-state index in [2.05, 4.69) is 4.98 Å². The van der Waals surface area contributed by atoms with Crippen molar-refractivity contribution in [1.82, 2.24) is 9.55 Å². The molecule has 0 saturated carbocycles. The number of nitriles is 1. The van der Waals surface area contributed by atoms with Gasteiger partial charge in [0.1, 0.15) is 11.6 Å². The van der Waals surface area contributed by atoms with Crippen molar-refractivity contribution in [1.29, 1.82) is 5.26 Å². The molecule has 0 aliphatic heterocycles. The van der Waals surface area contributed by atoms with Crippen molar-refractivity contribution in [2.24, 2.45) is 0 Å². The van der Waals surface area contributed by atoms with Gasteiger partial charge in [0.15, 0.2) is 0 Å². The van der Waals surface area contributed by atoms with Crippen LogP contribution < -0.4 is 5.56 Å². The molecule has 2 heterocycles. The Kier molecular flexibility index (Phi) is 3.35. The predicted molar refractivity (Wildman–Crippen MR) is 66.0 cm³/mol. The lowest BCUT2D eigenvalue weighted by atomic mass is 10.2. The Hall–Kier alpha value is -1.93. The smallest absolute Gasteiger partial charge is 0.268 e. The summed E-state index contributed by atoms with van der Waals surface area (Å²) < 4.78 is 1.57. The van der Waals surface area contributed by atoms with Crippen molar-refractivity contribution in [3.05, 3.63) is 50.3 Å². The van der Waals surface area contributed by atoms with Gasteiger partial charge in [-0.3, -0.25) is 4.79 Å². The van der Waals surface area contributed by atoms with Gasteiger partial charge in [-0.25, -0.2) is 4.98 Å². The van der Waals surface area contributed by atoms with Crippen molar-refractivity contribution in [3.8, 4) is 6.07 Å². The van der Waals surface area contributed by atoms with Crippen LogP contribution in [0.15, 0.2) is 28.6 Å². The van der Waals surface area contributed by atoms with Gasteiger partial charge in [-0.05, 0) is 19.1 Å². The molecule has 17 heavy (non-hydrogen) atoms. The van der Waals surface area contributed by atoms with Crippen molar-refractivity contribution >= 4 is 11.3 Å². The Morgan fingerprint density at radius 2 is 2.41 bits per heavy atom. The maximum atomic E-state index is 11.8. The Bertz CT molecular complexity index is 621. The van der Waals surface area contributed by atoms with E-state index in [9.17, 15) is 4.79 Å². The molecule has 0 N–H and O–H groups in total. The molecule has 2 aromatic rings. The minimum Gasteiger partial charge on any atom is -0.314 e. The van der Waals surface area contributed by atoms with Crippen molar-refractivity contribution in [3.63, 3.8) is 0 Å². The first kappa shape index (κ1) is 11.6. The molecule has 0 amide bonds. The van der Waals surface area contributed by atoms with E-state index in [1.807, 2.05) is 13.0 Å². The van der Waals surface area contributed by atoms with Crippen molar-refractivity contribution in [2.75, 3.05) is 0 Å². The fourth-order valence-corrected chi connectivity index (χ4v) is 2.36. The molecule has 2 rings (SSSR count). The van der Waals surface area contributed by atoms with Crippen molar-refractivity contribution in [2.45, 2.75) is 19.9 Å². The lowest BCUT2D eigenvalue weighted by Crippen LogP contribution is -2.22. The van der Waals surface area contributed by atoms with E-state index in [1.165, 1.54) is 10.9 Å². The van der Waals surface area contributed by atoms with Crippen LogP contribution in [0.3, 0.4) is 0 Å². The molecule has 0 aliphatic carbocycles. The van der Waals surface area contributed by atoms with Crippen LogP contribution in [0, 0.1) is 18.3 Å². The fourth-order valence-electron chi connectivity index (χ4n) is 1.59. The number of hydrogen-bond donors (Lipinski definition) is 0. The van der Waals surface area contributed by atoms with Crippen molar-refractivity contribution < 1.29 is 0 Å². The molecular weight excluding hydrogens is 234 g/mol. The molecule has 0 fully saturated rings. The fraction of sp³-hybridized carbons (Fsp3) is 0.250. The summed E-state index contributed by atoms with van der Waals surface area (Å²) in [5.74, 6) is 0. The zero-order valence-electron chi connectivity index (χ0n) is 9.38. The van der Waals surface area contributed by atoms with Crippen LogP contribution in [-0.4, -0.2) is 9.55 Å². The number of nitrogens with zero attached hydrogens (tertiary/aromatic N) is 3. The monoisotopic (exact) mass is 245 g/mol. The second-order valence-electron chi connectivity index (χ2n) is 3.64. The molecule has 0 aromatic carbocycles. The Morgan fingerprint density at radius 3 is 3.06 bits per heavy atom. The molecule has 0 saturated heterocycles. The Balaban J connectivity index is 2.18. The summed E-state index contributed by atoms with van der Waals surface area (Å²) in [5.41, 5.74) is 2.78. The quantitative estimate of drug-likeness (QED) is 0.827. The van der Waals surface area contributed by atoms with Crippen LogP contribution >= 0.6 is 11.3 Å². The average Bonchev–Trinajstić information content (AvgIpc) is 2.74. The van der Waals surface area contributed by atoms with E-state index in [0.717, 1.165) is 12.1 Å². The molecule has 0 unspecified atom stereocenters. The maximum absolute atomic E-state index is 11.8. The number of thiazole rings is 1. The molecule has 86 valence electrons. The van der Waals surface area contributed by atoms with Gasteiger partial charge in [0.05, 0.1) is 11.2 Å². The second-order valence-corrected chi connectivity index (χ2v) is 4.58. The third-order valence-corrected chi connectivity index (χ3v) is 3.56. The standard InChI is InChI=1S/C12H11N3OS/c1-9-11(17-8-14-9)4-6-15-5-2-3-10(7-13)12(15)16/h2-3,5,8H,4,6H2,1H3. The van der Waals surface area contributed by atoms with Gasteiger partial charge >= 0.3 is 0 Å². The summed E-state index contributed by atoms with van der Waals surface area (Å²) >= 11 is 1.59. The third kappa shape index (κ3) is 2.43. The SMILES string of the molecule is Cc1ncsc1CCn1cccc(C#N)c1=O. The number of hydrogen-bond acceptors (Lipinski definition) is 4. The topological polar surface area (TPSA) is 58.7 Å². The Labute approximate surface area is 103 Å². The minimum absolute atomic E-state index is 0.188. The number of aryl methyl sites for hydroxylation is 3. The molecule has 0 radical (unpaired) electrons. The van der Waals surface area contributed by atoms with Gasteiger partial charge in [0.25, 0.3) is 5.56 Å². The van der Waals surface area contributed by atoms with Gasteiger partial charge < -0.3 is 4.57 Å². The van der Waals surface area contributed by atoms with Gasteiger partial charge in [0.2, 0.25) is 0 Å². The Morgan fingerprint density at radius 1 is 1.59 bits per heavy atom. The summed E-state index contributed by atoms with van der Waals surface area (Å²) in [6, 6.07) is 5.16. The molecule has 0 atom stereocenters. The van der Waals surface area contributed by atoms with Gasteiger partial charge in [0, 0.05) is 24.0 Å². The second kappa shape index (κ2) is 4.93.